The van der Waals surface area contributed by atoms with E-state index in [0.717, 1.165) is 44.2 Å². The predicted molar refractivity (Wildman–Crippen MR) is 92.3 cm³/mol. The molecule has 1 aromatic carbocycles. The van der Waals surface area contributed by atoms with E-state index in [4.69, 9.17) is 0 Å². The molecular formula is C17H20N4O2S. The Morgan fingerprint density at radius 3 is 2.46 bits per heavy atom. The number of anilines is 1. The third-order valence-corrected chi connectivity index (χ3v) is 5.74. The molecule has 1 atom stereocenters. The smallest absolute Gasteiger partial charge is 0.361 e. The van der Waals surface area contributed by atoms with Gasteiger partial charge < -0.3 is 9.87 Å². The molecule has 24 heavy (non-hydrogen) atoms. The maximum atomic E-state index is 12.4. The summed E-state index contributed by atoms with van der Waals surface area (Å²) < 4.78 is 16.2. The zero-order valence-electron chi connectivity index (χ0n) is 13.6. The standard InChI is InChI=1S/C17H20N4O2S/c1-21-9-8-15(19-21)24(23)20-17(22)18-16-13-6-2-4-11(13)10-12-5-3-7-14(12)16/h8-10H,2-7H2,1H3,(H2,18,20,22). The molecule has 0 radical (unpaired) electrons. The predicted octanol–water partition coefficient (Wildman–Crippen LogP) is 2.24. The van der Waals surface area contributed by atoms with E-state index in [0.29, 0.717) is 5.03 Å². The molecule has 7 heteroatoms. The van der Waals surface area contributed by atoms with Gasteiger partial charge in [0.25, 0.3) is 5.03 Å². The zero-order valence-corrected chi connectivity index (χ0v) is 14.4. The lowest BCUT2D eigenvalue weighted by atomic mass is 9.99. The van der Waals surface area contributed by atoms with Gasteiger partial charge in [0, 0.05) is 25.0 Å². The van der Waals surface area contributed by atoms with Gasteiger partial charge in [0.1, 0.15) is 11.4 Å². The van der Waals surface area contributed by atoms with Crippen LogP contribution in [0.25, 0.3) is 0 Å². The lowest BCUT2D eigenvalue weighted by molar-refractivity contribution is 0.256. The highest BCUT2D eigenvalue weighted by molar-refractivity contribution is 7.90. The van der Waals surface area contributed by atoms with Gasteiger partial charge in [-0.05, 0) is 60.8 Å². The van der Waals surface area contributed by atoms with Crippen LogP contribution in [0.15, 0.2) is 23.4 Å². The highest BCUT2D eigenvalue weighted by Gasteiger charge is 2.26. The van der Waals surface area contributed by atoms with Crippen molar-refractivity contribution in [1.82, 2.24) is 14.5 Å². The molecule has 126 valence electrons. The summed E-state index contributed by atoms with van der Waals surface area (Å²) in [4.78, 5) is 12.4. The number of hydrogen-bond donors (Lipinski definition) is 2. The first kappa shape index (κ1) is 15.5. The summed E-state index contributed by atoms with van der Waals surface area (Å²) in [5.74, 6) is 0. The number of aromatic nitrogens is 2. The Kier molecular flexibility index (Phi) is 3.97. The van der Waals surface area contributed by atoms with Gasteiger partial charge in [-0.15, -0.1) is 9.82 Å². The van der Waals surface area contributed by atoms with E-state index in [1.165, 1.54) is 22.3 Å². The highest BCUT2D eigenvalue weighted by Crippen LogP contribution is 2.38. The van der Waals surface area contributed by atoms with Crippen LogP contribution < -0.4 is 10.0 Å². The van der Waals surface area contributed by atoms with Gasteiger partial charge in [-0.3, -0.25) is 4.68 Å². The Bertz CT molecular complexity index is 770. The highest BCUT2D eigenvalue weighted by atomic mass is 32.2. The van der Waals surface area contributed by atoms with Gasteiger partial charge in [0.15, 0.2) is 0 Å². The number of nitrogens with zero attached hydrogens (tertiary/aromatic N) is 2. The summed E-state index contributed by atoms with van der Waals surface area (Å²) in [5.41, 5.74) is 6.19. The van der Waals surface area contributed by atoms with Gasteiger partial charge in [-0.25, -0.2) is 4.79 Å². The van der Waals surface area contributed by atoms with Crippen molar-refractivity contribution in [3.8, 4) is 0 Å². The average Bonchev–Trinajstić information content (AvgIpc) is 3.26. The summed E-state index contributed by atoms with van der Waals surface area (Å²) in [6.07, 6.45) is 8.13. The molecule has 1 heterocycles. The molecular weight excluding hydrogens is 324 g/mol. The number of carbonyl (C=O) groups is 1. The summed E-state index contributed by atoms with van der Waals surface area (Å²) in [5, 5.41) is 7.38. The van der Waals surface area contributed by atoms with E-state index < -0.39 is 17.4 Å². The SMILES string of the molecule is Cn1ccc([S+]([O-])NC(=O)Nc2c3c(cc4c2CCC4)CCC3)n1. The summed E-state index contributed by atoms with van der Waals surface area (Å²) in [6.45, 7) is 0. The molecule has 0 fully saturated rings. The normalized spacial score (nSPS) is 16.6. The number of amides is 2. The Labute approximate surface area is 143 Å². The molecule has 1 aromatic heterocycles. The molecule has 0 saturated heterocycles. The van der Waals surface area contributed by atoms with Crippen molar-refractivity contribution in [3.63, 3.8) is 0 Å². The van der Waals surface area contributed by atoms with E-state index in [-0.39, 0.29) is 0 Å². The Morgan fingerprint density at radius 2 is 1.88 bits per heavy atom. The van der Waals surface area contributed by atoms with Crippen LogP contribution in [0.3, 0.4) is 0 Å². The molecule has 4 rings (SSSR count). The van der Waals surface area contributed by atoms with E-state index >= 15 is 0 Å². The van der Waals surface area contributed by atoms with E-state index in [2.05, 4.69) is 21.2 Å². The number of fused-ring (bicyclic) bond motifs is 2. The summed E-state index contributed by atoms with van der Waals surface area (Å²) in [7, 11) is 1.75. The van der Waals surface area contributed by atoms with Crippen molar-refractivity contribution in [1.29, 1.82) is 0 Å². The summed E-state index contributed by atoms with van der Waals surface area (Å²) in [6, 6.07) is 3.52. The van der Waals surface area contributed by atoms with Gasteiger partial charge in [-0.1, -0.05) is 6.07 Å². The minimum atomic E-state index is -1.66. The molecule has 2 aliphatic rings. The molecule has 2 amide bonds. The first-order valence-corrected chi connectivity index (χ1v) is 9.42. The van der Waals surface area contributed by atoms with Crippen molar-refractivity contribution in [2.45, 2.75) is 43.6 Å². The number of hydrogen-bond acceptors (Lipinski definition) is 3. The average molecular weight is 344 g/mol. The van der Waals surface area contributed by atoms with Crippen LogP contribution in [0.2, 0.25) is 0 Å². The first-order chi connectivity index (χ1) is 11.6. The third-order valence-electron chi connectivity index (χ3n) is 4.78. The number of carbonyl (C=O) groups excluding carboxylic acids is 1. The molecule has 1 unspecified atom stereocenters. The van der Waals surface area contributed by atoms with E-state index in [1.807, 2.05) is 0 Å². The maximum Gasteiger partial charge on any atom is 0.361 e. The van der Waals surface area contributed by atoms with Crippen LogP contribution in [-0.2, 0) is 44.1 Å². The van der Waals surface area contributed by atoms with Crippen LogP contribution >= 0.6 is 0 Å². The fraction of sp³-hybridized carbons (Fsp3) is 0.412. The van der Waals surface area contributed by atoms with Gasteiger partial charge >= 0.3 is 6.03 Å². The van der Waals surface area contributed by atoms with Gasteiger partial charge in [-0.2, -0.15) is 0 Å². The van der Waals surface area contributed by atoms with E-state index in [1.54, 1.807) is 24.0 Å². The first-order valence-electron chi connectivity index (χ1n) is 8.27. The second-order valence-corrected chi connectivity index (χ2v) is 7.55. The largest absolute Gasteiger partial charge is 0.586 e. The third kappa shape index (κ3) is 2.78. The molecule has 0 spiro atoms. The van der Waals surface area contributed by atoms with Gasteiger partial charge in [0.2, 0.25) is 0 Å². The van der Waals surface area contributed by atoms with E-state index in [9.17, 15) is 9.35 Å². The van der Waals surface area contributed by atoms with Crippen molar-refractivity contribution in [3.05, 3.63) is 40.6 Å². The second kappa shape index (κ2) is 6.14. The fourth-order valence-corrected chi connectivity index (χ4v) is 4.45. The molecule has 2 aliphatic carbocycles. The maximum absolute atomic E-state index is 12.4. The Hall–Kier alpha value is -1.99. The van der Waals surface area contributed by atoms with Crippen LogP contribution in [0.1, 0.15) is 35.1 Å². The van der Waals surface area contributed by atoms with Crippen molar-refractivity contribution in [2.75, 3.05) is 5.32 Å². The Balaban J connectivity index is 1.54. The molecule has 2 aromatic rings. The molecule has 2 N–H and O–H groups in total. The van der Waals surface area contributed by atoms with Crippen molar-refractivity contribution >= 4 is 23.1 Å². The lowest BCUT2D eigenvalue weighted by Crippen LogP contribution is -2.35. The topological polar surface area (TPSA) is 82.0 Å². The van der Waals surface area contributed by atoms with Crippen LogP contribution in [0.4, 0.5) is 10.5 Å². The number of urea groups is 1. The monoisotopic (exact) mass is 344 g/mol. The molecule has 6 nitrogen and oxygen atoms in total. The molecule has 0 aliphatic heterocycles. The lowest BCUT2D eigenvalue weighted by Gasteiger charge is -2.16. The fourth-order valence-electron chi connectivity index (χ4n) is 3.74. The van der Waals surface area contributed by atoms with Gasteiger partial charge in [0.05, 0.1) is 0 Å². The number of benzene rings is 1. The minimum absolute atomic E-state index is 0.344. The van der Waals surface area contributed by atoms with Crippen molar-refractivity contribution < 1.29 is 9.35 Å². The summed E-state index contributed by atoms with van der Waals surface area (Å²) >= 11 is -1.66. The van der Waals surface area contributed by atoms with Crippen molar-refractivity contribution in [2.24, 2.45) is 7.05 Å². The Morgan fingerprint density at radius 1 is 1.21 bits per heavy atom. The van der Waals surface area contributed by atoms with Crippen LogP contribution in [0, 0.1) is 0 Å². The molecule has 0 bridgehead atoms. The second-order valence-electron chi connectivity index (χ2n) is 6.39. The number of aryl methyl sites for hydroxylation is 3. The quantitative estimate of drug-likeness (QED) is 0.838. The minimum Gasteiger partial charge on any atom is -0.586 e. The van der Waals surface area contributed by atoms with Crippen LogP contribution in [-0.4, -0.2) is 20.4 Å². The number of nitrogens with one attached hydrogen (secondary N) is 2. The zero-order chi connectivity index (χ0) is 16.7. The number of rotatable bonds is 3. The molecule has 0 saturated carbocycles. The van der Waals surface area contributed by atoms with Crippen LogP contribution in [0.5, 0.6) is 0 Å².